The quantitative estimate of drug-likeness (QED) is 0.665. The first kappa shape index (κ1) is 10.1. The molecule has 1 aromatic heterocycles. The molecule has 6 nitrogen and oxygen atoms in total. The number of carbonyl (C=O) groups excluding carboxylic acids is 2. The normalized spacial score (nSPS) is 9.50. The molecule has 1 heterocycles. The standard InChI is InChI=1S/C8H10N4O2/c1-6(2)8(14)9-5-7(13)12-4-3-10-11-12/h3-4H,1,5H2,2H3,(H,9,14). The van der Waals surface area contributed by atoms with E-state index in [1.807, 2.05) is 0 Å². The van der Waals surface area contributed by atoms with E-state index in [4.69, 9.17) is 0 Å². The summed E-state index contributed by atoms with van der Waals surface area (Å²) in [6.45, 7) is 4.89. The van der Waals surface area contributed by atoms with E-state index in [1.54, 1.807) is 6.92 Å². The van der Waals surface area contributed by atoms with E-state index < -0.39 is 0 Å². The van der Waals surface area contributed by atoms with Crippen molar-refractivity contribution in [3.8, 4) is 0 Å². The average molecular weight is 194 g/mol. The third-order valence-electron chi connectivity index (χ3n) is 1.47. The lowest BCUT2D eigenvalue weighted by Gasteiger charge is -2.02. The Morgan fingerprint density at radius 3 is 2.79 bits per heavy atom. The third kappa shape index (κ3) is 2.51. The summed E-state index contributed by atoms with van der Waals surface area (Å²) in [5.74, 6) is -0.699. The van der Waals surface area contributed by atoms with Crippen LogP contribution < -0.4 is 5.32 Å². The maximum Gasteiger partial charge on any atom is 0.267 e. The van der Waals surface area contributed by atoms with Crippen LogP contribution in [0.15, 0.2) is 24.5 Å². The molecule has 0 saturated carbocycles. The van der Waals surface area contributed by atoms with Crippen molar-refractivity contribution in [1.29, 1.82) is 0 Å². The summed E-state index contributed by atoms with van der Waals surface area (Å²) >= 11 is 0. The molecule has 0 saturated heterocycles. The van der Waals surface area contributed by atoms with Gasteiger partial charge in [0.2, 0.25) is 5.91 Å². The molecule has 14 heavy (non-hydrogen) atoms. The van der Waals surface area contributed by atoms with Gasteiger partial charge in [-0.3, -0.25) is 9.59 Å². The lowest BCUT2D eigenvalue weighted by molar-refractivity contribution is -0.117. The number of nitrogens with one attached hydrogen (secondary N) is 1. The molecule has 1 amide bonds. The monoisotopic (exact) mass is 194 g/mol. The second-order valence-electron chi connectivity index (χ2n) is 2.70. The smallest absolute Gasteiger partial charge is 0.267 e. The number of nitrogens with zero attached hydrogens (tertiary/aromatic N) is 3. The second-order valence-corrected chi connectivity index (χ2v) is 2.70. The number of hydrogen-bond acceptors (Lipinski definition) is 4. The summed E-state index contributed by atoms with van der Waals surface area (Å²) in [7, 11) is 0. The van der Waals surface area contributed by atoms with Crippen LogP contribution in [0.5, 0.6) is 0 Å². The van der Waals surface area contributed by atoms with Gasteiger partial charge in [0.25, 0.3) is 5.91 Å². The molecular weight excluding hydrogens is 184 g/mol. The van der Waals surface area contributed by atoms with Gasteiger partial charge < -0.3 is 5.32 Å². The number of hydrogen-bond donors (Lipinski definition) is 1. The fraction of sp³-hybridized carbons (Fsp3) is 0.250. The topological polar surface area (TPSA) is 76.9 Å². The van der Waals surface area contributed by atoms with Crippen LogP contribution in [0.1, 0.15) is 11.7 Å². The Morgan fingerprint density at radius 2 is 2.29 bits per heavy atom. The van der Waals surface area contributed by atoms with E-state index in [2.05, 4.69) is 22.2 Å². The van der Waals surface area contributed by atoms with Crippen LogP contribution in [0.3, 0.4) is 0 Å². The molecule has 1 N–H and O–H groups in total. The summed E-state index contributed by atoms with van der Waals surface area (Å²) in [5, 5.41) is 9.34. The van der Waals surface area contributed by atoms with Gasteiger partial charge in [0.05, 0.1) is 18.9 Å². The average Bonchev–Trinajstić information content (AvgIpc) is 2.66. The fourth-order valence-corrected chi connectivity index (χ4v) is 0.729. The highest BCUT2D eigenvalue weighted by Gasteiger charge is 2.07. The van der Waals surface area contributed by atoms with E-state index in [-0.39, 0.29) is 18.4 Å². The zero-order valence-corrected chi connectivity index (χ0v) is 7.73. The Morgan fingerprint density at radius 1 is 1.57 bits per heavy atom. The SMILES string of the molecule is C=C(C)C(=O)NCC(=O)n1ccnn1. The Kier molecular flexibility index (Phi) is 3.11. The molecule has 0 unspecified atom stereocenters. The van der Waals surface area contributed by atoms with Crippen LogP contribution >= 0.6 is 0 Å². The molecule has 1 rings (SSSR count). The number of aromatic nitrogens is 3. The van der Waals surface area contributed by atoms with E-state index in [0.717, 1.165) is 4.68 Å². The molecular formula is C8H10N4O2. The van der Waals surface area contributed by atoms with E-state index in [9.17, 15) is 9.59 Å². The van der Waals surface area contributed by atoms with Crippen LogP contribution in [0.25, 0.3) is 0 Å². The molecule has 0 aliphatic heterocycles. The highest BCUT2D eigenvalue weighted by Crippen LogP contribution is 1.86. The molecule has 0 radical (unpaired) electrons. The molecule has 1 aromatic rings. The van der Waals surface area contributed by atoms with Crippen LogP contribution in [0, 0.1) is 0 Å². The van der Waals surface area contributed by atoms with Crippen molar-refractivity contribution in [2.24, 2.45) is 0 Å². The van der Waals surface area contributed by atoms with Crippen molar-refractivity contribution >= 4 is 11.8 Å². The van der Waals surface area contributed by atoms with Gasteiger partial charge in [-0.15, -0.1) is 5.10 Å². The number of carbonyl (C=O) groups is 2. The van der Waals surface area contributed by atoms with Crippen molar-refractivity contribution in [3.63, 3.8) is 0 Å². The highest BCUT2D eigenvalue weighted by atomic mass is 16.2. The van der Waals surface area contributed by atoms with Crippen molar-refractivity contribution in [2.75, 3.05) is 6.54 Å². The van der Waals surface area contributed by atoms with E-state index >= 15 is 0 Å². The molecule has 0 spiro atoms. The lowest BCUT2D eigenvalue weighted by atomic mass is 10.3. The van der Waals surface area contributed by atoms with Crippen molar-refractivity contribution in [2.45, 2.75) is 6.92 Å². The molecule has 0 aliphatic carbocycles. The molecule has 74 valence electrons. The Hall–Kier alpha value is -1.98. The summed E-state index contributed by atoms with van der Waals surface area (Å²) in [6.07, 6.45) is 2.80. The maximum atomic E-state index is 11.2. The van der Waals surface area contributed by atoms with Crippen LogP contribution in [0.4, 0.5) is 0 Å². The minimum Gasteiger partial charge on any atom is -0.343 e. The molecule has 0 aromatic carbocycles. The van der Waals surface area contributed by atoms with Crippen LogP contribution in [-0.4, -0.2) is 33.4 Å². The van der Waals surface area contributed by atoms with Gasteiger partial charge in [-0.25, -0.2) is 0 Å². The summed E-state index contributed by atoms with van der Waals surface area (Å²) in [6, 6.07) is 0. The zero-order valence-electron chi connectivity index (χ0n) is 7.73. The third-order valence-corrected chi connectivity index (χ3v) is 1.47. The lowest BCUT2D eigenvalue weighted by Crippen LogP contribution is -2.32. The Bertz CT molecular complexity index is 355. The van der Waals surface area contributed by atoms with Gasteiger partial charge in [0.15, 0.2) is 0 Å². The molecule has 0 atom stereocenters. The predicted octanol–water partition coefficient (Wildman–Crippen LogP) is -0.389. The van der Waals surface area contributed by atoms with E-state index in [0.29, 0.717) is 5.57 Å². The molecule has 0 fully saturated rings. The molecule has 0 bridgehead atoms. The summed E-state index contributed by atoms with van der Waals surface area (Å²) < 4.78 is 1.05. The van der Waals surface area contributed by atoms with Crippen molar-refractivity contribution in [1.82, 2.24) is 20.3 Å². The minimum absolute atomic E-state index is 0.116. The van der Waals surface area contributed by atoms with Gasteiger partial charge in [-0.1, -0.05) is 11.8 Å². The molecule has 0 aliphatic rings. The highest BCUT2D eigenvalue weighted by molar-refractivity contribution is 5.94. The van der Waals surface area contributed by atoms with Crippen molar-refractivity contribution in [3.05, 3.63) is 24.5 Å². The van der Waals surface area contributed by atoms with Gasteiger partial charge >= 0.3 is 0 Å². The first-order valence-corrected chi connectivity index (χ1v) is 3.94. The fourth-order valence-electron chi connectivity index (χ4n) is 0.729. The van der Waals surface area contributed by atoms with Gasteiger partial charge in [0.1, 0.15) is 0 Å². The zero-order chi connectivity index (χ0) is 10.6. The first-order chi connectivity index (χ1) is 6.61. The predicted molar refractivity (Wildman–Crippen MR) is 48.5 cm³/mol. The maximum absolute atomic E-state index is 11.2. The molecule has 6 heteroatoms. The van der Waals surface area contributed by atoms with Crippen LogP contribution in [0.2, 0.25) is 0 Å². The number of amides is 1. The Balaban J connectivity index is 2.44. The largest absolute Gasteiger partial charge is 0.343 e. The number of rotatable bonds is 3. The van der Waals surface area contributed by atoms with Gasteiger partial charge in [-0.2, -0.15) is 4.68 Å². The summed E-state index contributed by atoms with van der Waals surface area (Å²) in [5.41, 5.74) is 0.358. The first-order valence-electron chi connectivity index (χ1n) is 3.94. The van der Waals surface area contributed by atoms with Crippen molar-refractivity contribution < 1.29 is 9.59 Å². The van der Waals surface area contributed by atoms with Gasteiger partial charge in [0, 0.05) is 5.57 Å². The van der Waals surface area contributed by atoms with Crippen LogP contribution in [-0.2, 0) is 4.79 Å². The minimum atomic E-state index is -0.350. The Labute approximate surface area is 80.6 Å². The summed E-state index contributed by atoms with van der Waals surface area (Å²) in [4.78, 5) is 22.3. The van der Waals surface area contributed by atoms with Gasteiger partial charge in [-0.05, 0) is 6.92 Å². The van der Waals surface area contributed by atoms with E-state index in [1.165, 1.54) is 12.4 Å². The second kappa shape index (κ2) is 4.31.